The Labute approximate surface area is 90.5 Å². The molecule has 1 nitrogen and oxygen atoms in total. The van der Waals surface area contributed by atoms with Gasteiger partial charge in [-0.2, -0.15) is 0 Å². The molecule has 0 aliphatic heterocycles. The smallest absolute Gasteiger partial charge is 0.00104 e. The topological polar surface area (TPSA) is 26.0 Å². The van der Waals surface area contributed by atoms with Gasteiger partial charge in [-0.15, -0.1) is 0 Å². The normalized spacial score (nSPS) is 18.2. The van der Waals surface area contributed by atoms with E-state index in [0.717, 1.165) is 17.8 Å². The molecule has 3 atom stereocenters. The van der Waals surface area contributed by atoms with Crippen LogP contribution in [0.3, 0.4) is 0 Å². The van der Waals surface area contributed by atoms with Gasteiger partial charge in [0.15, 0.2) is 0 Å². The van der Waals surface area contributed by atoms with E-state index in [0.29, 0.717) is 6.04 Å². The minimum atomic E-state index is 0.379. The number of hydrogen-bond acceptors (Lipinski definition) is 1. The maximum Gasteiger partial charge on any atom is 0.00104 e. The largest absolute Gasteiger partial charge is 0.328 e. The van der Waals surface area contributed by atoms with Crippen LogP contribution in [0.25, 0.3) is 0 Å². The second-order valence-corrected chi connectivity index (χ2v) is 5.47. The van der Waals surface area contributed by atoms with Crippen LogP contribution < -0.4 is 5.73 Å². The number of nitrogens with two attached hydrogens (primary N) is 1. The van der Waals surface area contributed by atoms with Gasteiger partial charge >= 0.3 is 0 Å². The van der Waals surface area contributed by atoms with Gasteiger partial charge < -0.3 is 5.73 Å². The van der Waals surface area contributed by atoms with Crippen LogP contribution in [0.5, 0.6) is 0 Å². The van der Waals surface area contributed by atoms with E-state index in [9.17, 15) is 0 Å². The molecule has 0 aromatic rings. The molecule has 0 amide bonds. The summed E-state index contributed by atoms with van der Waals surface area (Å²) in [5.74, 6) is 2.55. The summed E-state index contributed by atoms with van der Waals surface area (Å²) in [6.07, 6.45) is 5.19. The van der Waals surface area contributed by atoms with Crippen molar-refractivity contribution in [2.45, 2.75) is 66.3 Å². The third-order valence-corrected chi connectivity index (χ3v) is 3.27. The zero-order valence-electron chi connectivity index (χ0n) is 10.7. The molecule has 0 saturated heterocycles. The predicted octanol–water partition coefficient (Wildman–Crippen LogP) is 3.82. The Kier molecular flexibility index (Phi) is 7.26. The molecule has 0 rings (SSSR count). The Bertz CT molecular complexity index is 129. The van der Waals surface area contributed by atoms with E-state index < -0.39 is 0 Å². The van der Waals surface area contributed by atoms with Crippen molar-refractivity contribution in [3.8, 4) is 0 Å². The molecular formula is C13H29N. The van der Waals surface area contributed by atoms with E-state index >= 15 is 0 Å². The zero-order chi connectivity index (χ0) is 11.1. The molecule has 3 unspecified atom stereocenters. The lowest BCUT2D eigenvalue weighted by molar-refractivity contribution is 0.315. The third-order valence-electron chi connectivity index (χ3n) is 3.27. The average molecular weight is 199 g/mol. The monoisotopic (exact) mass is 199 g/mol. The van der Waals surface area contributed by atoms with Crippen molar-refractivity contribution in [2.75, 3.05) is 0 Å². The SMILES string of the molecule is CC(N)CCCC(C)CC(C)C(C)C. The molecule has 2 N–H and O–H groups in total. The molecule has 0 aliphatic rings. The van der Waals surface area contributed by atoms with Crippen LogP contribution in [0.2, 0.25) is 0 Å². The average Bonchev–Trinajstić information content (AvgIpc) is 2.02. The predicted molar refractivity (Wildman–Crippen MR) is 65.3 cm³/mol. The lowest BCUT2D eigenvalue weighted by atomic mass is 9.86. The Morgan fingerprint density at radius 2 is 1.50 bits per heavy atom. The van der Waals surface area contributed by atoms with Crippen molar-refractivity contribution in [3.63, 3.8) is 0 Å². The van der Waals surface area contributed by atoms with Crippen LogP contribution in [0.4, 0.5) is 0 Å². The summed E-state index contributed by atoms with van der Waals surface area (Å²) in [4.78, 5) is 0. The highest BCUT2D eigenvalue weighted by atomic mass is 14.6. The van der Waals surface area contributed by atoms with Crippen molar-refractivity contribution < 1.29 is 0 Å². The Hall–Kier alpha value is -0.0400. The number of rotatable bonds is 7. The lowest BCUT2D eigenvalue weighted by Gasteiger charge is -2.20. The summed E-state index contributed by atoms with van der Waals surface area (Å²) in [7, 11) is 0. The van der Waals surface area contributed by atoms with Crippen LogP contribution in [0.1, 0.15) is 60.3 Å². The van der Waals surface area contributed by atoms with Crippen molar-refractivity contribution in [1.82, 2.24) is 0 Å². The fourth-order valence-corrected chi connectivity index (χ4v) is 1.81. The first-order chi connectivity index (χ1) is 6.43. The second-order valence-electron chi connectivity index (χ2n) is 5.47. The zero-order valence-corrected chi connectivity index (χ0v) is 10.7. The molecule has 0 aromatic carbocycles. The van der Waals surface area contributed by atoms with Crippen molar-refractivity contribution in [3.05, 3.63) is 0 Å². The van der Waals surface area contributed by atoms with Gasteiger partial charge in [-0.05, 0) is 37.5 Å². The summed E-state index contributed by atoms with van der Waals surface area (Å²) < 4.78 is 0. The van der Waals surface area contributed by atoms with Gasteiger partial charge in [0.05, 0.1) is 0 Å². The van der Waals surface area contributed by atoms with Gasteiger partial charge in [0.1, 0.15) is 0 Å². The molecule has 0 saturated carbocycles. The van der Waals surface area contributed by atoms with Gasteiger partial charge in [0, 0.05) is 6.04 Å². The summed E-state index contributed by atoms with van der Waals surface area (Å²) in [6, 6.07) is 0.379. The molecule has 0 radical (unpaired) electrons. The molecule has 0 heterocycles. The van der Waals surface area contributed by atoms with Gasteiger partial charge in [0.25, 0.3) is 0 Å². The molecule has 0 aromatic heterocycles. The van der Waals surface area contributed by atoms with Crippen molar-refractivity contribution in [1.29, 1.82) is 0 Å². The second kappa shape index (κ2) is 7.28. The highest BCUT2D eigenvalue weighted by Crippen LogP contribution is 2.22. The van der Waals surface area contributed by atoms with E-state index in [4.69, 9.17) is 5.73 Å². The molecule has 0 spiro atoms. The van der Waals surface area contributed by atoms with Gasteiger partial charge in [0.2, 0.25) is 0 Å². The van der Waals surface area contributed by atoms with Gasteiger partial charge in [-0.25, -0.2) is 0 Å². The molecule has 86 valence electrons. The minimum absolute atomic E-state index is 0.379. The first-order valence-electron chi connectivity index (χ1n) is 6.19. The Balaban J connectivity index is 3.50. The molecule has 0 aliphatic carbocycles. The van der Waals surface area contributed by atoms with E-state index in [1.807, 2.05) is 0 Å². The highest BCUT2D eigenvalue weighted by Gasteiger charge is 2.11. The fourth-order valence-electron chi connectivity index (χ4n) is 1.81. The van der Waals surface area contributed by atoms with Crippen LogP contribution >= 0.6 is 0 Å². The van der Waals surface area contributed by atoms with Crippen LogP contribution in [-0.4, -0.2) is 6.04 Å². The fraction of sp³-hybridized carbons (Fsp3) is 1.00. The molecule has 1 heteroatoms. The molecule has 14 heavy (non-hydrogen) atoms. The van der Waals surface area contributed by atoms with Crippen LogP contribution in [0.15, 0.2) is 0 Å². The first kappa shape index (κ1) is 14.0. The summed E-state index contributed by atoms with van der Waals surface area (Å²) in [6.45, 7) is 11.5. The summed E-state index contributed by atoms with van der Waals surface area (Å²) in [5, 5.41) is 0. The Morgan fingerprint density at radius 3 is 1.93 bits per heavy atom. The van der Waals surface area contributed by atoms with E-state index in [1.54, 1.807) is 0 Å². The van der Waals surface area contributed by atoms with E-state index in [1.165, 1.54) is 25.7 Å². The maximum atomic E-state index is 5.73. The first-order valence-corrected chi connectivity index (χ1v) is 6.19. The quantitative estimate of drug-likeness (QED) is 0.662. The van der Waals surface area contributed by atoms with Gasteiger partial charge in [-0.3, -0.25) is 0 Å². The van der Waals surface area contributed by atoms with Crippen LogP contribution in [-0.2, 0) is 0 Å². The third kappa shape index (κ3) is 7.37. The lowest BCUT2D eigenvalue weighted by Crippen LogP contribution is -2.15. The van der Waals surface area contributed by atoms with Crippen molar-refractivity contribution in [2.24, 2.45) is 23.5 Å². The van der Waals surface area contributed by atoms with E-state index in [2.05, 4.69) is 34.6 Å². The van der Waals surface area contributed by atoms with Crippen molar-refractivity contribution >= 4 is 0 Å². The number of hydrogen-bond donors (Lipinski definition) is 1. The minimum Gasteiger partial charge on any atom is -0.328 e. The summed E-state index contributed by atoms with van der Waals surface area (Å²) >= 11 is 0. The maximum absolute atomic E-state index is 5.73. The van der Waals surface area contributed by atoms with E-state index in [-0.39, 0.29) is 0 Å². The standard InChI is InChI=1S/C13H29N/c1-10(2)12(4)9-11(3)7-6-8-13(5)14/h10-13H,6-9,14H2,1-5H3. The van der Waals surface area contributed by atoms with Gasteiger partial charge in [-0.1, -0.05) is 40.5 Å². The highest BCUT2D eigenvalue weighted by molar-refractivity contribution is 4.64. The molecule has 0 fully saturated rings. The molecular weight excluding hydrogens is 170 g/mol. The summed E-state index contributed by atoms with van der Waals surface area (Å²) in [5.41, 5.74) is 5.73. The molecule has 0 bridgehead atoms. The Morgan fingerprint density at radius 1 is 0.929 bits per heavy atom. The van der Waals surface area contributed by atoms with Crippen LogP contribution in [0, 0.1) is 17.8 Å².